The van der Waals surface area contributed by atoms with Crippen LogP contribution in [0.1, 0.15) is 25.9 Å². The molecule has 0 aliphatic heterocycles. The highest BCUT2D eigenvalue weighted by atomic mass is 32.1. The molecule has 0 radical (unpaired) electrons. The molecule has 2 aromatic rings. The first-order chi connectivity index (χ1) is 9.45. The number of aryl methyl sites for hydroxylation is 2. The Labute approximate surface area is 119 Å². The summed E-state index contributed by atoms with van der Waals surface area (Å²) in [5.41, 5.74) is 1.45. The molecule has 0 bridgehead atoms. The lowest BCUT2D eigenvalue weighted by atomic mass is 10.4. The minimum Gasteiger partial charge on any atom is -0.477 e. The molecule has 2 rings (SSSR count). The van der Waals surface area contributed by atoms with Crippen molar-refractivity contribution in [1.82, 2.24) is 20.1 Å². The van der Waals surface area contributed by atoms with E-state index in [1.807, 2.05) is 6.92 Å². The SMILES string of the molecule is Cc1cnn(CC(=O)NCc2nc(C)c(C(=O)O)s2)c1. The molecule has 8 heteroatoms. The third kappa shape index (κ3) is 3.41. The van der Waals surface area contributed by atoms with Crippen LogP contribution in [0.3, 0.4) is 0 Å². The van der Waals surface area contributed by atoms with E-state index < -0.39 is 5.97 Å². The lowest BCUT2D eigenvalue weighted by Crippen LogP contribution is -2.27. The van der Waals surface area contributed by atoms with Crippen LogP contribution in [0.2, 0.25) is 0 Å². The van der Waals surface area contributed by atoms with Crippen LogP contribution in [0, 0.1) is 13.8 Å². The van der Waals surface area contributed by atoms with Crippen LogP contribution in [0.15, 0.2) is 12.4 Å². The third-order valence-electron chi connectivity index (χ3n) is 2.54. The summed E-state index contributed by atoms with van der Waals surface area (Å²) in [6, 6.07) is 0. The average Bonchev–Trinajstić information content (AvgIpc) is 2.93. The number of rotatable bonds is 5. The maximum absolute atomic E-state index is 11.7. The highest BCUT2D eigenvalue weighted by Crippen LogP contribution is 2.17. The smallest absolute Gasteiger partial charge is 0.347 e. The van der Waals surface area contributed by atoms with Crippen molar-refractivity contribution in [3.63, 3.8) is 0 Å². The number of carboxylic acid groups (broad SMARTS) is 1. The molecular formula is C12H14N4O3S. The third-order valence-corrected chi connectivity index (χ3v) is 3.69. The van der Waals surface area contributed by atoms with E-state index >= 15 is 0 Å². The summed E-state index contributed by atoms with van der Waals surface area (Å²) in [6.07, 6.45) is 3.45. The van der Waals surface area contributed by atoms with Crippen molar-refractivity contribution in [3.8, 4) is 0 Å². The highest BCUT2D eigenvalue weighted by Gasteiger charge is 2.14. The molecule has 0 aromatic carbocycles. The van der Waals surface area contributed by atoms with E-state index in [-0.39, 0.29) is 23.9 Å². The Morgan fingerprint density at radius 2 is 2.20 bits per heavy atom. The summed E-state index contributed by atoms with van der Waals surface area (Å²) in [4.78, 5) is 26.9. The van der Waals surface area contributed by atoms with Crippen molar-refractivity contribution < 1.29 is 14.7 Å². The van der Waals surface area contributed by atoms with Crippen LogP contribution in [-0.2, 0) is 17.9 Å². The molecule has 0 fully saturated rings. The predicted molar refractivity (Wildman–Crippen MR) is 72.6 cm³/mol. The van der Waals surface area contributed by atoms with Gasteiger partial charge in [-0.1, -0.05) is 0 Å². The van der Waals surface area contributed by atoms with Gasteiger partial charge in [-0.3, -0.25) is 9.48 Å². The van der Waals surface area contributed by atoms with Gasteiger partial charge in [0.1, 0.15) is 16.4 Å². The monoisotopic (exact) mass is 294 g/mol. The number of carboxylic acids is 1. The van der Waals surface area contributed by atoms with E-state index in [2.05, 4.69) is 15.4 Å². The Balaban J connectivity index is 1.90. The number of aromatic carboxylic acids is 1. The number of nitrogens with one attached hydrogen (secondary N) is 1. The summed E-state index contributed by atoms with van der Waals surface area (Å²) in [7, 11) is 0. The lowest BCUT2D eigenvalue weighted by Gasteiger charge is -2.03. The molecule has 106 valence electrons. The number of aromatic nitrogens is 3. The maximum atomic E-state index is 11.7. The Kier molecular flexibility index (Phi) is 4.14. The quantitative estimate of drug-likeness (QED) is 0.856. The number of thiazole rings is 1. The predicted octanol–water partition coefficient (Wildman–Crippen LogP) is 0.971. The minimum atomic E-state index is -0.996. The van der Waals surface area contributed by atoms with Crippen molar-refractivity contribution in [2.75, 3.05) is 0 Å². The normalized spacial score (nSPS) is 10.5. The first kappa shape index (κ1) is 14.2. The van der Waals surface area contributed by atoms with E-state index in [9.17, 15) is 9.59 Å². The molecule has 0 saturated carbocycles. The van der Waals surface area contributed by atoms with Gasteiger partial charge in [-0.25, -0.2) is 9.78 Å². The van der Waals surface area contributed by atoms with Crippen molar-refractivity contribution >= 4 is 23.2 Å². The number of nitrogens with zero attached hydrogens (tertiary/aromatic N) is 3. The fraction of sp³-hybridized carbons (Fsp3) is 0.333. The van der Waals surface area contributed by atoms with Crippen molar-refractivity contribution in [3.05, 3.63) is 33.5 Å². The topological polar surface area (TPSA) is 97.1 Å². The molecule has 0 aliphatic rings. The summed E-state index contributed by atoms with van der Waals surface area (Å²) in [5.74, 6) is -1.19. The van der Waals surface area contributed by atoms with Crippen molar-refractivity contribution in [2.24, 2.45) is 0 Å². The summed E-state index contributed by atoms with van der Waals surface area (Å²) in [5, 5.41) is 16.2. The fourth-order valence-electron chi connectivity index (χ4n) is 1.66. The zero-order chi connectivity index (χ0) is 14.7. The van der Waals surface area contributed by atoms with Gasteiger partial charge in [0.25, 0.3) is 0 Å². The summed E-state index contributed by atoms with van der Waals surface area (Å²) in [6.45, 7) is 3.88. The summed E-state index contributed by atoms with van der Waals surface area (Å²) < 4.78 is 1.54. The van der Waals surface area contributed by atoms with Crippen molar-refractivity contribution in [1.29, 1.82) is 0 Å². The zero-order valence-electron chi connectivity index (χ0n) is 11.1. The van der Waals surface area contributed by atoms with E-state index in [0.29, 0.717) is 10.7 Å². The standard InChI is InChI=1S/C12H14N4O3S/c1-7-3-14-16(5-7)6-9(17)13-4-10-15-8(2)11(20-10)12(18)19/h3,5H,4,6H2,1-2H3,(H,13,17)(H,18,19). The van der Waals surface area contributed by atoms with Crippen LogP contribution in [0.25, 0.3) is 0 Å². The Morgan fingerprint density at radius 3 is 2.75 bits per heavy atom. The second kappa shape index (κ2) is 5.83. The summed E-state index contributed by atoms with van der Waals surface area (Å²) >= 11 is 1.07. The number of carbonyl (C=O) groups is 2. The van der Waals surface area contributed by atoms with E-state index in [4.69, 9.17) is 5.11 Å². The molecular weight excluding hydrogens is 280 g/mol. The Hall–Kier alpha value is -2.22. The largest absolute Gasteiger partial charge is 0.477 e. The second-order valence-electron chi connectivity index (χ2n) is 4.32. The van der Waals surface area contributed by atoms with Crippen LogP contribution < -0.4 is 5.32 Å². The first-order valence-electron chi connectivity index (χ1n) is 5.91. The van der Waals surface area contributed by atoms with Gasteiger partial charge in [0.15, 0.2) is 0 Å². The molecule has 0 aliphatic carbocycles. The van der Waals surface area contributed by atoms with Gasteiger partial charge < -0.3 is 10.4 Å². The lowest BCUT2D eigenvalue weighted by molar-refractivity contribution is -0.122. The molecule has 2 N–H and O–H groups in total. The van der Waals surface area contributed by atoms with Crippen LogP contribution in [-0.4, -0.2) is 31.7 Å². The van der Waals surface area contributed by atoms with E-state index in [0.717, 1.165) is 16.9 Å². The fourth-order valence-corrected chi connectivity index (χ4v) is 2.50. The number of hydrogen-bond donors (Lipinski definition) is 2. The Bertz CT molecular complexity index is 647. The number of carbonyl (C=O) groups excluding carboxylic acids is 1. The molecule has 20 heavy (non-hydrogen) atoms. The minimum absolute atomic E-state index is 0.129. The number of amides is 1. The average molecular weight is 294 g/mol. The number of hydrogen-bond acceptors (Lipinski definition) is 5. The van der Waals surface area contributed by atoms with Crippen LogP contribution in [0.5, 0.6) is 0 Å². The molecule has 0 atom stereocenters. The van der Waals surface area contributed by atoms with Gasteiger partial charge in [0.05, 0.1) is 18.4 Å². The molecule has 1 amide bonds. The van der Waals surface area contributed by atoms with Gasteiger partial charge in [-0.15, -0.1) is 11.3 Å². The van der Waals surface area contributed by atoms with Gasteiger partial charge in [0.2, 0.25) is 5.91 Å². The molecule has 0 spiro atoms. The molecule has 2 aromatic heterocycles. The second-order valence-corrected chi connectivity index (χ2v) is 5.40. The van der Waals surface area contributed by atoms with Gasteiger partial charge in [-0.2, -0.15) is 5.10 Å². The van der Waals surface area contributed by atoms with Crippen LogP contribution >= 0.6 is 11.3 Å². The zero-order valence-corrected chi connectivity index (χ0v) is 11.9. The maximum Gasteiger partial charge on any atom is 0.347 e. The van der Waals surface area contributed by atoms with Gasteiger partial charge >= 0.3 is 5.97 Å². The molecule has 0 saturated heterocycles. The van der Waals surface area contributed by atoms with Gasteiger partial charge in [0, 0.05) is 6.20 Å². The molecule has 2 heterocycles. The van der Waals surface area contributed by atoms with E-state index in [1.54, 1.807) is 24.0 Å². The molecule has 0 unspecified atom stereocenters. The first-order valence-corrected chi connectivity index (χ1v) is 6.72. The van der Waals surface area contributed by atoms with Crippen LogP contribution in [0.4, 0.5) is 0 Å². The highest BCUT2D eigenvalue weighted by molar-refractivity contribution is 7.13. The van der Waals surface area contributed by atoms with Gasteiger partial charge in [-0.05, 0) is 19.4 Å². The van der Waals surface area contributed by atoms with E-state index in [1.165, 1.54) is 0 Å². The Morgan fingerprint density at radius 1 is 1.45 bits per heavy atom. The molecule has 7 nitrogen and oxygen atoms in total. The van der Waals surface area contributed by atoms with Crippen molar-refractivity contribution in [2.45, 2.75) is 26.9 Å².